The Kier molecular flexibility index (Phi) is 5.90. The zero-order valence-electron chi connectivity index (χ0n) is 18.8. The Morgan fingerprint density at radius 1 is 1.15 bits per heavy atom. The first-order valence-corrected chi connectivity index (χ1v) is 11.6. The van der Waals surface area contributed by atoms with Gasteiger partial charge in [-0.25, -0.2) is 9.97 Å². The Labute approximate surface area is 193 Å². The quantitative estimate of drug-likeness (QED) is 0.631. The minimum atomic E-state index is -0.0533. The van der Waals surface area contributed by atoms with Crippen molar-refractivity contribution in [2.24, 2.45) is 0 Å². The van der Waals surface area contributed by atoms with E-state index in [1.807, 2.05) is 34.9 Å². The van der Waals surface area contributed by atoms with Crippen LogP contribution >= 0.6 is 0 Å². The second-order valence-electron chi connectivity index (χ2n) is 8.81. The number of H-pyrrole nitrogens is 1. The molecule has 0 unspecified atom stereocenters. The summed E-state index contributed by atoms with van der Waals surface area (Å²) in [7, 11) is 0. The van der Waals surface area contributed by atoms with Crippen LogP contribution in [0.3, 0.4) is 0 Å². The van der Waals surface area contributed by atoms with E-state index >= 15 is 0 Å². The Balaban J connectivity index is 1.33. The summed E-state index contributed by atoms with van der Waals surface area (Å²) in [5, 5.41) is 6.62. The van der Waals surface area contributed by atoms with Gasteiger partial charge in [0.2, 0.25) is 5.91 Å². The Morgan fingerprint density at radius 2 is 2.00 bits per heavy atom. The van der Waals surface area contributed by atoms with Crippen molar-refractivity contribution in [1.82, 2.24) is 25.1 Å². The number of aromatic amines is 1. The molecule has 1 aromatic carbocycles. The standard InChI is InChI=1S/C25H28N6O2/c1-17-20-9-10-22(32)31(14-5-8-18-6-3-2-4-7-18)24(20)28-23(27-17)19-12-15-30(16-19)25(33)21-11-13-26-29-21/h2-4,6-7,11,13,19H,5,8-10,12,14-16H2,1H3,(H,26,29)/t19-/m0/s1. The van der Waals surface area contributed by atoms with Crippen molar-refractivity contribution < 1.29 is 9.59 Å². The zero-order chi connectivity index (χ0) is 22.8. The van der Waals surface area contributed by atoms with Crippen LogP contribution in [-0.4, -0.2) is 56.5 Å². The lowest BCUT2D eigenvalue weighted by Gasteiger charge is -2.30. The summed E-state index contributed by atoms with van der Waals surface area (Å²) in [6.45, 7) is 3.87. The number of likely N-dealkylation sites (tertiary alicyclic amines) is 1. The molecule has 2 amide bonds. The highest BCUT2D eigenvalue weighted by molar-refractivity contribution is 5.95. The van der Waals surface area contributed by atoms with Crippen LogP contribution in [0, 0.1) is 6.92 Å². The van der Waals surface area contributed by atoms with Crippen molar-refractivity contribution in [1.29, 1.82) is 0 Å². The Hall–Kier alpha value is -3.55. The van der Waals surface area contributed by atoms with Gasteiger partial charge in [-0.1, -0.05) is 30.3 Å². The van der Waals surface area contributed by atoms with Gasteiger partial charge in [0.1, 0.15) is 17.3 Å². The van der Waals surface area contributed by atoms with Gasteiger partial charge in [0.15, 0.2) is 0 Å². The fourth-order valence-corrected chi connectivity index (χ4v) is 4.80. The maximum absolute atomic E-state index is 12.8. The van der Waals surface area contributed by atoms with Crippen molar-refractivity contribution in [2.45, 2.75) is 44.9 Å². The molecule has 0 spiro atoms. The number of anilines is 1. The Bertz CT molecular complexity index is 1150. The normalized spacial score (nSPS) is 18.0. The van der Waals surface area contributed by atoms with Crippen LogP contribution in [0.4, 0.5) is 5.82 Å². The number of aryl methyl sites for hydroxylation is 2. The molecule has 1 fully saturated rings. The first-order chi connectivity index (χ1) is 16.1. The number of hydrogen-bond donors (Lipinski definition) is 1. The SMILES string of the molecule is Cc1nc([C@H]2CCN(C(=O)c3ccn[nH]3)C2)nc2c1CCC(=O)N2CCCc1ccccc1. The molecule has 8 nitrogen and oxygen atoms in total. The van der Waals surface area contributed by atoms with Gasteiger partial charge in [-0.2, -0.15) is 5.10 Å². The van der Waals surface area contributed by atoms with Crippen molar-refractivity contribution in [2.75, 3.05) is 24.5 Å². The minimum absolute atomic E-state index is 0.0533. The molecule has 2 aliphatic heterocycles. The number of benzene rings is 1. The number of nitrogens with zero attached hydrogens (tertiary/aromatic N) is 5. The number of fused-ring (bicyclic) bond motifs is 1. The van der Waals surface area contributed by atoms with Crippen LogP contribution < -0.4 is 4.90 Å². The van der Waals surface area contributed by atoms with E-state index in [-0.39, 0.29) is 17.7 Å². The summed E-state index contributed by atoms with van der Waals surface area (Å²) in [6.07, 6.45) is 5.37. The van der Waals surface area contributed by atoms with Crippen molar-refractivity contribution in [3.63, 3.8) is 0 Å². The first kappa shape index (κ1) is 21.3. The van der Waals surface area contributed by atoms with Crippen molar-refractivity contribution in [3.8, 4) is 0 Å². The van der Waals surface area contributed by atoms with Crippen LogP contribution in [0.25, 0.3) is 0 Å². The predicted molar refractivity (Wildman–Crippen MR) is 124 cm³/mol. The molecule has 4 heterocycles. The van der Waals surface area contributed by atoms with Gasteiger partial charge < -0.3 is 4.90 Å². The molecule has 0 saturated carbocycles. The van der Waals surface area contributed by atoms with Crippen LogP contribution in [0.15, 0.2) is 42.6 Å². The lowest BCUT2D eigenvalue weighted by atomic mass is 10.0. The lowest BCUT2D eigenvalue weighted by Crippen LogP contribution is -2.38. The number of hydrogen-bond acceptors (Lipinski definition) is 5. The fraction of sp³-hybridized carbons (Fsp3) is 0.400. The smallest absolute Gasteiger partial charge is 0.271 e. The summed E-state index contributed by atoms with van der Waals surface area (Å²) in [6, 6.07) is 12.0. The minimum Gasteiger partial charge on any atom is -0.337 e. The summed E-state index contributed by atoms with van der Waals surface area (Å²) < 4.78 is 0. The molecule has 3 aromatic rings. The van der Waals surface area contributed by atoms with Gasteiger partial charge in [0.05, 0.1) is 0 Å². The molecule has 8 heteroatoms. The van der Waals surface area contributed by atoms with Crippen LogP contribution in [0.5, 0.6) is 0 Å². The zero-order valence-corrected chi connectivity index (χ0v) is 18.8. The Morgan fingerprint density at radius 3 is 2.79 bits per heavy atom. The second-order valence-corrected chi connectivity index (χ2v) is 8.81. The number of rotatable bonds is 6. The van der Waals surface area contributed by atoms with E-state index in [4.69, 9.17) is 9.97 Å². The highest BCUT2D eigenvalue weighted by Crippen LogP contribution is 2.32. The molecular formula is C25H28N6O2. The number of amides is 2. The summed E-state index contributed by atoms with van der Waals surface area (Å²) in [4.78, 5) is 38.9. The van der Waals surface area contributed by atoms with E-state index in [0.717, 1.165) is 42.2 Å². The number of nitrogens with one attached hydrogen (secondary N) is 1. The summed E-state index contributed by atoms with van der Waals surface area (Å²) in [5.74, 6) is 1.63. The molecule has 5 rings (SSSR count). The topological polar surface area (TPSA) is 95.1 Å². The van der Waals surface area contributed by atoms with Crippen molar-refractivity contribution >= 4 is 17.6 Å². The number of carbonyl (C=O) groups excluding carboxylic acids is 2. The van der Waals surface area contributed by atoms with Crippen LogP contribution in [0.2, 0.25) is 0 Å². The highest BCUT2D eigenvalue weighted by Gasteiger charge is 2.33. The van der Waals surface area contributed by atoms with Crippen LogP contribution in [0.1, 0.15) is 58.3 Å². The molecule has 2 aliphatic rings. The van der Waals surface area contributed by atoms with Gasteiger partial charge in [-0.3, -0.25) is 19.6 Å². The highest BCUT2D eigenvalue weighted by atomic mass is 16.2. The summed E-state index contributed by atoms with van der Waals surface area (Å²) >= 11 is 0. The fourth-order valence-electron chi connectivity index (χ4n) is 4.80. The number of aromatic nitrogens is 4. The molecule has 1 atom stereocenters. The molecule has 1 N–H and O–H groups in total. The first-order valence-electron chi connectivity index (χ1n) is 11.6. The monoisotopic (exact) mass is 444 g/mol. The molecule has 170 valence electrons. The van der Waals surface area contributed by atoms with Gasteiger partial charge in [0, 0.05) is 49.4 Å². The summed E-state index contributed by atoms with van der Waals surface area (Å²) in [5.41, 5.74) is 3.78. The average Bonchev–Trinajstić information content (AvgIpc) is 3.53. The van der Waals surface area contributed by atoms with Gasteiger partial charge in [-0.15, -0.1) is 0 Å². The largest absolute Gasteiger partial charge is 0.337 e. The maximum atomic E-state index is 12.8. The lowest BCUT2D eigenvalue weighted by molar-refractivity contribution is -0.119. The van der Waals surface area contributed by atoms with E-state index in [9.17, 15) is 9.59 Å². The van der Waals surface area contributed by atoms with Crippen molar-refractivity contribution in [3.05, 3.63) is 70.9 Å². The van der Waals surface area contributed by atoms with E-state index < -0.39 is 0 Å². The third-order valence-corrected chi connectivity index (χ3v) is 6.62. The molecule has 0 bridgehead atoms. The van der Waals surface area contributed by atoms with E-state index in [2.05, 4.69) is 22.3 Å². The van der Waals surface area contributed by atoms with Gasteiger partial charge in [-0.05, 0) is 44.2 Å². The predicted octanol–water partition coefficient (Wildman–Crippen LogP) is 3.05. The molecular weight excluding hydrogens is 416 g/mol. The van der Waals surface area contributed by atoms with E-state index in [0.29, 0.717) is 38.2 Å². The molecule has 0 radical (unpaired) electrons. The van der Waals surface area contributed by atoms with Gasteiger partial charge >= 0.3 is 0 Å². The van der Waals surface area contributed by atoms with E-state index in [1.165, 1.54) is 5.56 Å². The third kappa shape index (κ3) is 4.37. The third-order valence-electron chi connectivity index (χ3n) is 6.62. The molecule has 2 aromatic heterocycles. The molecule has 1 saturated heterocycles. The maximum Gasteiger partial charge on any atom is 0.271 e. The average molecular weight is 445 g/mol. The number of carbonyl (C=O) groups is 2. The molecule has 33 heavy (non-hydrogen) atoms. The van der Waals surface area contributed by atoms with Crippen LogP contribution in [-0.2, 0) is 17.6 Å². The molecule has 0 aliphatic carbocycles. The van der Waals surface area contributed by atoms with Gasteiger partial charge in [0.25, 0.3) is 5.91 Å². The van der Waals surface area contributed by atoms with E-state index in [1.54, 1.807) is 12.3 Å². The second kappa shape index (κ2) is 9.13.